The van der Waals surface area contributed by atoms with Crippen LogP contribution in [0.15, 0.2) is 24.5 Å². The number of hydrogen-bond donors (Lipinski definition) is 1. The second-order valence-corrected chi connectivity index (χ2v) is 7.35. The molecule has 4 nitrogen and oxygen atoms in total. The van der Waals surface area contributed by atoms with Crippen molar-refractivity contribution in [2.24, 2.45) is 5.41 Å². The molecule has 1 N–H and O–H groups in total. The summed E-state index contributed by atoms with van der Waals surface area (Å²) >= 11 is 0. The van der Waals surface area contributed by atoms with E-state index in [2.05, 4.69) is 49.9 Å². The van der Waals surface area contributed by atoms with Gasteiger partial charge in [-0.1, -0.05) is 20.8 Å². The first-order chi connectivity index (χ1) is 9.70. The minimum atomic E-state index is -0.0422. The first-order valence-electron chi connectivity index (χ1n) is 7.27. The zero-order chi connectivity index (χ0) is 15.7. The van der Waals surface area contributed by atoms with Gasteiger partial charge in [0, 0.05) is 17.0 Å². The summed E-state index contributed by atoms with van der Waals surface area (Å²) in [5, 5.41) is 4.58. The maximum absolute atomic E-state index is 5.25. The Bertz CT molecular complexity index is 629. The van der Waals surface area contributed by atoms with Crippen LogP contribution in [0.2, 0.25) is 0 Å². The summed E-state index contributed by atoms with van der Waals surface area (Å²) in [5.41, 5.74) is 1.10. The molecule has 2 rings (SSSR count). The molecular formula is C17H25N3O. The highest BCUT2D eigenvalue weighted by Gasteiger charge is 2.26. The summed E-state index contributed by atoms with van der Waals surface area (Å²) in [6.07, 6.45) is 2.64. The molecule has 1 heterocycles. The fraction of sp³-hybridized carbons (Fsp3) is 0.529. The molecule has 2 aromatic rings. The number of nitrogens with zero attached hydrogens (tertiary/aromatic N) is 2. The predicted molar refractivity (Wildman–Crippen MR) is 87.9 cm³/mol. The zero-order valence-corrected chi connectivity index (χ0v) is 13.8. The normalized spacial score (nSPS) is 12.5. The van der Waals surface area contributed by atoms with Crippen LogP contribution in [-0.2, 0) is 0 Å². The van der Waals surface area contributed by atoms with E-state index in [1.165, 1.54) is 0 Å². The summed E-state index contributed by atoms with van der Waals surface area (Å²) in [4.78, 5) is 8.74. The van der Waals surface area contributed by atoms with E-state index in [0.717, 1.165) is 28.9 Å². The molecule has 1 aromatic heterocycles. The highest BCUT2D eigenvalue weighted by molar-refractivity contribution is 5.89. The lowest BCUT2D eigenvalue weighted by atomic mass is 9.82. The first kappa shape index (κ1) is 15.5. The Labute approximate surface area is 127 Å². The SMILES string of the molecule is COc1ccc2c(NC(C)(C)CC(C)(C)C)ncnc2c1. The van der Waals surface area contributed by atoms with E-state index < -0.39 is 0 Å². The Morgan fingerprint density at radius 3 is 2.43 bits per heavy atom. The lowest BCUT2D eigenvalue weighted by Gasteiger charge is -2.34. The summed E-state index contributed by atoms with van der Waals surface area (Å²) in [5.74, 6) is 1.68. The van der Waals surface area contributed by atoms with Crippen LogP contribution in [0.3, 0.4) is 0 Å². The van der Waals surface area contributed by atoms with E-state index in [1.807, 2.05) is 18.2 Å². The smallest absolute Gasteiger partial charge is 0.137 e. The van der Waals surface area contributed by atoms with Crippen molar-refractivity contribution in [1.29, 1.82) is 0 Å². The standard InChI is InChI=1S/C17H25N3O/c1-16(2,3)10-17(4,5)20-15-13-8-7-12(21-6)9-14(13)18-11-19-15/h7-9,11H,10H2,1-6H3,(H,18,19,20). The van der Waals surface area contributed by atoms with Crippen molar-refractivity contribution in [3.05, 3.63) is 24.5 Å². The number of ether oxygens (including phenoxy) is 1. The van der Waals surface area contributed by atoms with Crippen molar-refractivity contribution in [2.45, 2.75) is 46.6 Å². The van der Waals surface area contributed by atoms with Crippen molar-refractivity contribution in [3.8, 4) is 5.75 Å². The second kappa shape index (κ2) is 5.51. The number of hydrogen-bond acceptors (Lipinski definition) is 4. The van der Waals surface area contributed by atoms with Gasteiger partial charge in [0.25, 0.3) is 0 Å². The number of benzene rings is 1. The van der Waals surface area contributed by atoms with Gasteiger partial charge in [0.15, 0.2) is 0 Å². The molecule has 0 unspecified atom stereocenters. The highest BCUT2D eigenvalue weighted by atomic mass is 16.5. The van der Waals surface area contributed by atoms with Crippen molar-refractivity contribution in [1.82, 2.24) is 9.97 Å². The monoisotopic (exact) mass is 287 g/mol. The Kier molecular flexibility index (Phi) is 4.08. The number of methoxy groups -OCH3 is 1. The fourth-order valence-electron chi connectivity index (χ4n) is 2.95. The average Bonchev–Trinajstić information content (AvgIpc) is 2.35. The lowest BCUT2D eigenvalue weighted by molar-refractivity contribution is 0.302. The minimum Gasteiger partial charge on any atom is -0.497 e. The van der Waals surface area contributed by atoms with Gasteiger partial charge >= 0.3 is 0 Å². The van der Waals surface area contributed by atoms with Crippen molar-refractivity contribution in [2.75, 3.05) is 12.4 Å². The van der Waals surface area contributed by atoms with E-state index in [1.54, 1.807) is 13.4 Å². The Hall–Kier alpha value is -1.84. The van der Waals surface area contributed by atoms with Crippen molar-refractivity contribution < 1.29 is 4.74 Å². The van der Waals surface area contributed by atoms with E-state index in [0.29, 0.717) is 0 Å². The molecule has 0 amide bonds. The number of aromatic nitrogens is 2. The van der Waals surface area contributed by atoms with Crippen LogP contribution in [0.1, 0.15) is 41.0 Å². The molecule has 0 fully saturated rings. The molecule has 0 aliphatic carbocycles. The Balaban J connectivity index is 2.34. The number of anilines is 1. The molecule has 4 heteroatoms. The summed E-state index contributed by atoms with van der Waals surface area (Å²) < 4.78 is 5.25. The molecule has 0 atom stereocenters. The molecule has 1 aromatic carbocycles. The van der Waals surface area contributed by atoms with Gasteiger partial charge in [-0.2, -0.15) is 0 Å². The van der Waals surface area contributed by atoms with Crippen LogP contribution in [0, 0.1) is 5.41 Å². The van der Waals surface area contributed by atoms with E-state index >= 15 is 0 Å². The lowest BCUT2D eigenvalue weighted by Crippen LogP contribution is -2.35. The molecule has 0 saturated heterocycles. The molecular weight excluding hydrogens is 262 g/mol. The second-order valence-electron chi connectivity index (χ2n) is 7.35. The van der Waals surface area contributed by atoms with Crippen molar-refractivity contribution >= 4 is 16.7 Å². The molecule has 0 spiro atoms. The molecule has 0 aliphatic rings. The van der Waals surface area contributed by atoms with Gasteiger partial charge in [0.1, 0.15) is 17.9 Å². The van der Waals surface area contributed by atoms with Crippen LogP contribution in [-0.4, -0.2) is 22.6 Å². The third-order valence-electron chi connectivity index (χ3n) is 3.27. The number of fused-ring (bicyclic) bond motifs is 1. The van der Waals surface area contributed by atoms with E-state index in [4.69, 9.17) is 4.74 Å². The van der Waals surface area contributed by atoms with Gasteiger partial charge in [0.2, 0.25) is 0 Å². The molecule has 0 aliphatic heterocycles. The summed E-state index contributed by atoms with van der Waals surface area (Å²) in [6, 6.07) is 5.87. The Morgan fingerprint density at radius 1 is 1.10 bits per heavy atom. The number of nitrogens with one attached hydrogen (secondary N) is 1. The maximum Gasteiger partial charge on any atom is 0.137 e. The average molecular weight is 287 g/mol. The van der Waals surface area contributed by atoms with Crippen LogP contribution < -0.4 is 10.1 Å². The van der Waals surface area contributed by atoms with Crippen LogP contribution in [0.5, 0.6) is 5.75 Å². The largest absolute Gasteiger partial charge is 0.497 e. The van der Waals surface area contributed by atoms with Crippen LogP contribution in [0.25, 0.3) is 10.9 Å². The minimum absolute atomic E-state index is 0.0422. The summed E-state index contributed by atoms with van der Waals surface area (Å²) in [6.45, 7) is 11.2. The first-order valence-corrected chi connectivity index (χ1v) is 7.27. The van der Waals surface area contributed by atoms with E-state index in [9.17, 15) is 0 Å². The highest BCUT2D eigenvalue weighted by Crippen LogP contribution is 2.31. The Morgan fingerprint density at radius 2 is 1.81 bits per heavy atom. The fourth-order valence-corrected chi connectivity index (χ4v) is 2.95. The summed E-state index contributed by atoms with van der Waals surface area (Å²) in [7, 11) is 1.66. The van der Waals surface area contributed by atoms with Gasteiger partial charge in [-0.05, 0) is 37.8 Å². The molecule has 0 radical (unpaired) electrons. The van der Waals surface area contributed by atoms with Crippen LogP contribution >= 0.6 is 0 Å². The zero-order valence-electron chi connectivity index (χ0n) is 13.8. The molecule has 21 heavy (non-hydrogen) atoms. The third-order valence-corrected chi connectivity index (χ3v) is 3.27. The van der Waals surface area contributed by atoms with Gasteiger partial charge in [-0.25, -0.2) is 9.97 Å². The quantitative estimate of drug-likeness (QED) is 0.912. The topological polar surface area (TPSA) is 47.0 Å². The van der Waals surface area contributed by atoms with Gasteiger partial charge in [-0.3, -0.25) is 0 Å². The molecule has 0 saturated carbocycles. The predicted octanol–water partition coefficient (Wildman–Crippen LogP) is 4.27. The van der Waals surface area contributed by atoms with Gasteiger partial charge in [0.05, 0.1) is 12.6 Å². The van der Waals surface area contributed by atoms with Gasteiger partial charge in [-0.15, -0.1) is 0 Å². The van der Waals surface area contributed by atoms with Gasteiger partial charge < -0.3 is 10.1 Å². The van der Waals surface area contributed by atoms with E-state index in [-0.39, 0.29) is 11.0 Å². The molecule has 0 bridgehead atoms. The maximum atomic E-state index is 5.25. The number of rotatable bonds is 4. The third kappa shape index (κ3) is 4.06. The molecule has 114 valence electrons. The van der Waals surface area contributed by atoms with Crippen LogP contribution in [0.4, 0.5) is 5.82 Å². The van der Waals surface area contributed by atoms with Crippen molar-refractivity contribution in [3.63, 3.8) is 0 Å².